The Bertz CT molecular complexity index is 959. The van der Waals surface area contributed by atoms with Crippen molar-refractivity contribution in [2.24, 2.45) is 0 Å². The predicted octanol–water partition coefficient (Wildman–Crippen LogP) is 5.42. The number of Topliss-reactive ketones (excluding diaryl/α,β-unsaturated/α-hetero) is 1. The largest absolute Gasteiger partial charge is 0.308 e. The van der Waals surface area contributed by atoms with E-state index < -0.39 is 0 Å². The monoisotopic (exact) mass is 357 g/mol. The van der Waals surface area contributed by atoms with Crippen molar-refractivity contribution in [2.75, 3.05) is 4.90 Å². The SMILES string of the molecule is CC(=O)c1ccc(-c2ccccc2)cc1CN(C(C)=O)c1ccc(C)cc1. The van der Waals surface area contributed by atoms with E-state index in [1.165, 1.54) is 0 Å². The molecule has 0 aliphatic carbocycles. The van der Waals surface area contributed by atoms with Crippen LogP contribution < -0.4 is 4.90 Å². The van der Waals surface area contributed by atoms with Crippen molar-refractivity contribution in [1.82, 2.24) is 0 Å². The van der Waals surface area contributed by atoms with Gasteiger partial charge in [-0.2, -0.15) is 0 Å². The van der Waals surface area contributed by atoms with Crippen LogP contribution in [0.4, 0.5) is 5.69 Å². The first-order valence-corrected chi connectivity index (χ1v) is 9.00. The number of benzene rings is 3. The smallest absolute Gasteiger partial charge is 0.224 e. The van der Waals surface area contributed by atoms with E-state index in [2.05, 4.69) is 0 Å². The van der Waals surface area contributed by atoms with Gasteiger partial charge in [-0.3, -0.25) is 9.59 Å². The van der Waals surface area contributed by atoms with Crippen molar-refractivity contribution in [2.45, 2.75) is 27.3 Å². The van der Waals surface area contributed by atoms with Gasteiger partial charge in [0.25, 0.3) is 0 Å². The van der Waals surface area contributed by atoms with Crippen LogP contribution in [0.3, 0.4) is 0 Å². The Morgan fingerprint density at radius 2 is 1.48 bits per heavy atom. The molecule has 0 saturated heterocycles. The molecule has 0 fully saturated rings. The number of amides is 1. The molecule has 0 heterocycles. The van der Waals surface area contributed by atoms with E-state index in [4.69, 9.17) is 0 Å². The molecule has 0 radical (unpaired) electrons. The van der Waals surface area contributed by atoms with Gasteiger partial charge < -0.3 is 4.90 Å². The highest BCUT2D eigenvalue weighted by Gasteiger charge is 2.16. The lowest BCUT2D eigenvalue weighted by Crippen LogP contribution is -2.28. The molecule has 0 unspecified atom stereocenters. The van der Waals surface area contributed by atoms with E-state index in [0.717, 1.165) is 27.9 Å². The fraction of sp³-hybridized carbons (Fsp3) is 0.167. The highest BCUT2D eigenvalue weighted by atomic mass is 16.2. The van der Waals surface area contributed by atoms with Crippen LogP contribution in [0.25, 0.3) is 11.1 Å². The fourth-order valence-corrected chi connectivity index (χ4v) is 3.16. The topological polar surface area (TPSA) is 37.4 Å². The molecule has 0 saturated carbocycles. The Balaban J connectivity index is 2.03. The number of hydrogen-bond donors (Lipinski definition) is 0. The maximum atomic E-state index is 12.3. The molecule has 3 rings (SSSR count). The number of hydrogen-bond acceptors (Lipinski definition) is 2. The van der Waals surface area contributed by atoms with Crippen LogP contribution in [-0.2, 0) is 11.3 Å². The Morgan fingerprint density at radius 1 is 0.815 bits per heavy atom. The van der Waals surface area contributed by atoms with Crippen molar-refractivity contribution < 1.29 is 9.59 Å². The van der Waals surface area contributed by atoms with Crippen LogP contribution in [0.5, 0.6) is 0 Å². The summed E-state index contributed by atoms with van der Waals surface area (Å²) in [5.74, 6) is -0.0597. The van der Waals surface area contributed by atoms with E-state index in [1.54, 1.807) is 18.7 Å². The average Bonchev–Trinajstić information content (AvgIpc) is 2.67. The quantitative estimate of drug-likeness (QED) is 0.572. The van der Waals surface area contributed by atoms with E-state index in [9.17, 15) is 9.59 Å². The Kier molecular flexibility index (Phi) is 5.51. The van der Waals surface area contributed by atoms with E-state index in [0.29, 0.717) is 12.1 Å². The van der Waals surface area contributed by atoms with E-state index in [1.807, 2.05) is 79.7 Å². The van der Waals surface area contributed by atoms with Crippen LogP contribution in [-0.4, -0.2) is 11.7 Å². The molecule has 136 valence electrons. The van der Waals surface area contributed by atoms with Gasteiger partial charge >= 0.3 is 0 Å². The summed E-state index contributed by atoms with van der Waals surface area (Å²) in [5.41, 5.74) is 5.57. The van der Waals surface area contributed by atoms with Crippen LogP contribution in [0.15, 0.2) is 72.8 Å². The summed E-state index contributed by atoms with van der Waals surface area (Å²) in [6.45, 7) is 5.48. The molecule has 0 atom stereocenters. The number of ketones is 1. The normalized spacial score (nSPS) is 10.5. The number of anilines is 1. The van der Waals surface area contributed by atoms with Gasteiger partial charge in [0, 0.05) is 18.2 Å². The first kappa shape index (κ1) is 18.6. The lowest BCUT2D eigenvalue weighted by atomic mass is 9.97. The van der Waals surface area contributed by atoms with Crippen LogP contribution in [0, 0.1) is 6.92 Å². The van der Waals surface area contributed by atoms with Crippen LogP contribution in [0.1, 0.15) is 35.3 Å². The zero-order valence-electron chi connectivity index (χ0n) is 15.9. The molecule has 3 aromatic carbocycles. The second kappa shape index (κ2) is 8.00. The third kappa shape index (κ3) is 4.32. The highest BCUT2D eigenvalue weighted by Crippen LogP contribution is 2.26. The van der Waals surface area contributed by atoms with Gasteiger partial charge in [-0.15, -0.1) is 0 Å². The van der Waals surface area contributed by atoms with Gasteiger partial charge in [0.1, 0.15) is 0 Å². The van der Waals surface area contributed by atoms with Crippen molar-refractivity contribution in [3.63, 3.8) is 0 Å². The average molecular weight is 357 g/mol. The lowest BCUT2D eigenvalue weighted by Gasteiger charge is -2.23. The molecule has 3 aromatic rings. The Labute approximate surface area is 160 Å². The fourth-order valence-electron chi connectivity index (χ4n) is 3.16. The second-order valence-electron chi connectivity index (χ2n) is 6.73. The number of rotatable bonds is 5. The lowest BCUT2D eigenvalue weighted by molar-refractivity contribution is -0.116. The maximum absolute atomic E-state index is 12.3. The van der Waals surface area contributed by atoms with Crippen LogP contribution >= 0.6 is 0 Å². The number of carbonyl (C=O) groups excluding carboxylic acids is 2. The summed E-state index contributed by atoms with van der Waals surface area (Å²) in [6, 6.07) is 23.7. The molecule has 0 aliphatic rings. The first-order chi connectivity index (χ1) is 13.0. The Hall–Kier alpha value is -3.20. The summed E-state index contributed by atoms with van der Waals surface area (Å²) in [4.78, 5) is 26.2. The van der Waals surface area contributed by atoms with Gasteiger partial charge in [0.05, 0.1) is 6.54 Å². The summed E-state index contributed by atoms with van der Waals surface area (Å²) in [7, 11) is 0. The van der Waals surface area contributed by atoms with Crippen molar-refractivity contribution in [1.29, 1.82) is 0 Å². The summed E-state index contributed by atoms with van der Waals surface area (Å²) in [5, 5.41) is 0. The second-order valence-corrected chi connectivity index (χ2v) is 6.73. The third-order valence-electron chi connectivity index (χ3n) is 4.65. The molecule has 0 bridgehead atoms. The van der Waals surface area contributed by atoms with Gasteiger partial charge in [0.2, 0.25) is 5.91 Å². The maximum Gasteiger partial charge on any atom is 0.224 e. The molecule has 3 heteroatoms. The first-order valence-electron chi connectivity index (χ1n) is 9.00. The molecule has 0 spiro atoms. The minimum absolute atomic E-state index is 0.00276. The molecule has 1 amide bonds. The standard InChI is InChI=1S/C24H23NO2/c1-17-9-12-23(13-10-17)25(19(3)27)16-22-15-21(11-14-24(22)18(2)26)20-7-5-4-6-8-20/h4-15H,16H2,1-3H3. The van der Waals surface area contributed by atoms with Gasteiger partial charge in [-0.05, 0) is 48.7 Å². The van der Waals surface area contributed by atoms with Crippen LogP contribution in [0.2, 0.25) is 0 Å². The summed E-state index contributed by atoms with van der Waals surface area (Å²) >= 11 is 0. The van der Waals surface area contributed by atoms with Crippen molar-refractivity contribution >= 4 is 17.4 Å². The number of aryl methyl sites for hydroxylation is 1. The van der Waals surface area contributed by atoms with E-state index in [-0.39, 0.29) is 11.7 Å². The number of nitrogens with zero attached hydrogens (tertiary/aromatic N) is 1. The summed E-state index contributed by atoms with van der Waals surface area (Å²) in [6.07, 6.45) is 0. The zero-order valence-corrected chi connectivity index (χ0v) is 15.9. The number of carbonyl (C=O) groups is 2. The predicted molar refractivity (Wildman–Crippen MR) is 110 cm³/mol. The van der Waals surface area contributed by atoms with Crippen molar-refractivity contribution in [3.8, 4) is 11.1 Å². The molecular formula is C24H23NO2. The minimum Gasteiger partial charge on any atom is -0.308 e. The molecule has 0 aromatic heterocycles. The zero-order chi connectivity index (χ0) is 19.4. The van der Waals surface area contributed by atoms with Gasteiger partial charge in [-0.1, -0.05) is 60.2 Å². The summed E-state index contributed by atoms with van der Waals surface area (Å²) < 4.78 is 0. The third-order valence-corrected chi connectivity index (χ3v) is 4.65. The van der Waals surface area contributed by atoms with Crippen molar-refractivity contribution in [3.05, 3.63) is 89.5 Å². The minimum atomic E-state index is -0.0570. The molecular weight excluding hydrogens is 334 g/mol. The van der Waals surface area contributed by atoms with Gasteiger partial charge in [-0.25, -0.2) is 0 Å². The highest BCUT2D eigenvalue weighted by molar-refractivity contribution is 5.97. The molecule has 0 aliphatic heterocycles. The molecule has 27 heavy (non-hydrogen) atoms. The molecule has 3 nitrogen and oxygen atoms in total. The van der Waals surface area contributed by atoms with Gasteiger partial charge in [0.15, 0.2) is 5.78 Å². The Morgan fingerprint density at radius 3 is 2.07 bits per heavy atom. The molecule has 0 N–H and O–H groups in total. The van der Waals surface area contributed by atoms with E-state index >= 15 is 0 Å².